The van der Waals surface area contributed by atoms with Gasteiger partial charge in [-0.25, -0.2) is 9.59 Å². The maximum absolute atomic E-state index is 13.2. The van der Waals surface area contributed by atoms with Gasteiger partial charge in [-0.3, -0.25) is 0 Å². The molecule has 48 heavy (non-hydrogen) atoms. The fraction of sp³-hybridized carbons (Fsp3) is 0.300. The molecule has 2 atom stereocenters. The first-order valence-electron chi connectivity index (χ1n) is 16.0. The molecule has 8 heteroatoms. The zero-order valence-electron chi connectivity index (χ0n) is 28.6. The van der Waals surface area contributed by atoms with Crippen molar-refractivity contribution in [3.05, 3.63) is 138 Å². The van der Waals surface area contributed by atoms with Gasteiger partial charge in [0.2, 0.25) is 0 Å². The minimum atomic E-state index is -0.746. The second-order valence-electron chi connectivity index (χ2n) is 13.4. The van der Waals surface area contributed by atoms with Crippen molar-refractivity contribution in [2.75, 3.05) is 0 Å². The van der Waals surface area contributed by atoms with Crippen molar-refractivity contribution in [1.82, 2.24) is 10.6 Å². The van der Waals surface area contributed by atoms with Crippen LogP contribution in [0.15, 0.2) is 110 Å². The number of benzene rings is 4. The van der Waals surface area contributed by atoms with Gasteiger partial charge in [-0.15, -0.1) is 0 Å². The van der Waals surface area contributed by atoms with Crippen LogP contribution in [0, 0.1) is 0 Å². The number of carbonyl (C=O) groups is 2. The predicted molar refractivity (Wildman–Crippen MR) is 189 cm³/mol. The molecular weight excluding hydrogens is 604 g/mol. The van der Waals surface area contributed by atoms with Crippen molar-refractivity contribution >= 4 is 18.3 Å². The largest absolute Gasteiger partial charge is 0.489 e. The summed E-state index contributed by atoms with van der Waals surface area (Å²) >= 11 is 0. The average Bonchev–Trinajstić information content (AvgIpc) is 3.04. The number of hydrogen-bond donors (Lipinski definition) is 2. The Hall–Kier alpha value is -5.24. The standard InChI is InChI=1S/C40H46N2O6/c1-8-28-14-16-30(17-15-28)27-46-34-24-20-32(21-25-34)36(42-38(44)48-40(5,6)7)35(41-37(43)47-39(2,3)4)31-18-22-33(23-19-31)45-26-29-12-10-9-11-13-29/h8-25,35-36H,1,26-27H2,2-7H3,(H,41,43)(H,42,44)/t35-,36-/m0/s1. The third-order valence-corrected chi connectivity index (χ3v) is 7.03. The van der Waals surface area contributed by atoms with Crippen molar-refractivity contribution in [1.29, 1.82) is 0 Å². The first-order valence-corrected chi connectivity index (χ1v) is 16.0. The van der Waals surface area contributed by atoms with Gasteiger partial charge in [-0.05, 0) is 93.6 Å². The van der Waals surface area contributed by atoms with Gasteiger partial charge in [0.15, 0.2) is 0 Å². The van der Waals surface area contributed by atoms with Gasteiger partial charge in [0.25, 0.3) is 0 Å². The molecule has 2 amide bonds. The zero-order valence-corrected chi connectivity index (χ0v) is 28.6. The fourth-order valence-corrected chi connectivity index (χ4v) is 4.79. The Morgan fingerprint density at radius 2 is 1.00 bits per heavy atom. The summed E-state index contributed by atoms with van der Waals surface area (Å²) in [6, 6.07) is 31.2. The molecule has 8 nitrogen and oxygen atoms in total. The molecule has 0 aliphatic rings. The van der Waals surface area contributed by atoms with Crippen LogP contribution in [0.25, 0.3) is 6.08 Å². The zero-order chi connectivity index (χ0) is 34.7. The monoisotopic (exact) mass is 650 g/mol. The van der Waals surface area contributed by atoms with Crippen LogP contribution in [-0.4, -0.2) is 23.4 Å². The van der Waals surface area contributed by atoms with Crippen LogP contribution in [-0.2, 0) is 22.7 Å². The van der Waals surface area contributed by atoms with E-state index in [0.29, 0.717) is 30.3 Å². The molecule has 0 aromatic heterocycles. The maximum atomic E-state index is 13.2. The van der Waals surface area contributed by atoms with E-state index in [-0.39, 0.29) is 0 Å². The van der Waals surface area contributed by atoms with Crippen LogP contribution in [0.2, 0.25) is 0 Å². The quantitative estimate of drug-likeness (QED) is 0.159. The summed E-state index contributed by atoms with van der Waals surface area (Å²) in [5, 5.41) is 5.99. The smallest absolute Gasteiger partial charge is 0.408 e. The van der Waals surface area contributed by atoms with Crippen LogP contribution in [0.3, 0.4) is 0 Å². The number of ether oxygens (including phenoxy) is 4. The Morgan fingerprint density at radius 3 is 1.38 bits per heavy atom. The van der Waals surface area contributed by atoms with Gasteiger partial charge >= 0.3 is 12.2 Å². The Balaban J connectivity index is 1.62. The van der Waals surface area contributed by atoms with Gasteiger partial charge in [-0.1, -0.05) is 91.5 Å². The predicted octanol–water partition coefficient (Wildman–Crippen LogP) is 9.32. The lowest BCUT2D eigenvalue weighted by Crippen LogP contribution is -2.44. The molecule has 0 fully saturated rings. The minimum Gasteiger partial charge on any atom is -0.489 e. The summed E-state index contributed by atoms with van der Waals surface area (Å²) < 4.78 is 23.3. The minimum absolute atomic E-state index is 0.387. The van der Waals surface area contributed by atoms with E-state index >= 15 is 0 Å². The van der Waals surface area contributed by atoms with Crippen molar-refractivity contribution in [3.8, 4) is 11.5 Å². The van der Waals surface area contributed by atoms with Crippen molar-refractivity contribution in [2.45, 2.75) is 78.0 Å². The molecule has 2 N–H and O–H groups in total. The van der Waals surface area contributed by atoms with E-state index in [0.717, 1.165) is 22.3 Å². The lowest BCUT2D eigenvalue weighted by Gasteiger charge is -2.32. The molecule has 252 valence electrons. The van der Waals surface area contributed by atoms with Gasteiger partial charge < -0.3 is 29.6 Å². The van der Waals surface area contributed by atoms with Crippen LogP contribution in [0.5, 0.6) is 11.5 Å². The molecule has 4 aromatic rings. The average molecular weight is 651 g/mol. The molecular formula is C40H46N2O6. The summed E-state index contributed by atoms with van der Waals surface area (Å²) in [5.41, 5.74) is 3.07. The van der Waals surface area contributed by atoms with Gasteiger partial charge in [0, 0.05) is 0 Å². The number of carbonyl (C=O) groups excluding carboxylic acids is 2. The molecule has 0 bridgehead atoms. The van der Waals surface area contributed by atoms with E-state index in [1.54, 1.807) is 47.6 Å². The van der Waals surface area contributed by atoms with E-state index in [2.05, 4.69) is 17.2 Å². The summed E-state index contributed by atoms with van der Waals surface area (Å²) in [4.78, 5) is 26.4. The van der Waals surface area contributed by atoms with E-state index < -0.39 is 35.5 Å². The molecule has 0 saturated heterocycles. The molecule has 0 saturated carbocycles. The highest BCUT2D eigenvalue weighted by Crippen LogP contribution is 2.32. The van der Waals surface area contributed by atoms with Gasteiger partial charge in [0.05, 0.1) is 12.1 Å². The Labute approximate surface area is 284 Å². The molecule has 0 radical (unpaired) electrons. The SMILES string of the molecule is C=Cc1ccc(COc2ccc([C@H](NC(=O)OC(C)(C)C)[C@@H](NC(=O)OC(C)(C)C)c3ccc(OCc4ccccc4)cc3)cc2)cc1. The second-order valence-corrected chi connectivity index (χ2v) is 13.4. The molecule has 4 aromatic carbocycles. The number of nitrogens with one attached hydrogen (secondary N) is 2. The van der Waals surface area contributed by atoms with Crippen LogP contribution >= 0.6 is 0 Å². The summed E-state index contributed by atoms with van der Waals surface area (Å²) in [7, 11) is 0. The maximum Gasteiger partial charge on any atom is 0.408 e. The normalized spacial score (nSPS) is 12.6. The molecule has 0 aliphatic carbocycles. The lowest BCUT2D eigenvalue weighted by molar-refractivity contribution is 0.0427. The fourth-order valence-electron chi connectivity index (χ4n) is 4.79. The summed E-state index contributed by atoms with van der Waals surface area (Å²) in [6.07, 6.45) is 0.537. The number of hydrogen-bond acceptors (Lipinski definition) is 6. The van der Waals surface area contributed by atoms with E-state index in [1.807, 2.05) is 103 Å². The van der Waals surface area contributed by atoms with E-state index in [9.17, 15) is 9.59 Å². The molecule has 0 aliphatic heterocycles. The van der Waals surface area contributed by atoms with Crippen LogP contribution in [0.1, 0.15) is 81.4 Å². The highest BCUT2D eigenvalue weighted by atomic mass is 16.6. The highest BCUT2D eigenvalue weighted by molar-refractivity contribution is 5.71. The van der Waals surface area contributed by atoms with Crippen molar-refractivity contribution in [2.24, 2.45) is 0 Å². The molecule has 4 rings (SSSR count). The molecule has 0 heterocycles. The van der Waals surface area contributed by atoms with E-state index in [4.69, 9.17) is 18.9 Å². The van der Waals surface area contributed by atoms with E-state index in [1.165, 1.54) is 0 Å². The molecule has 0 spiro atoms. The Morgan fingerprint density at radius 1 is 0.604 bits per heavy atom. The number of rotatable bonds is 12. The Kier molecular flexibility index (Phi) is 11.9. The van der Waals surface area contributed by atoms with Gasteiger partial charge in [-0.2, -0.15) is 0 Å². The van der Waals surface area contributed by atoms with Gasteiger partial charge in [0.1, 0.15) is 35.9 Å². The second kappa shape index (κ2) is 16.0. The number of alkyl carbamates (subject to hydrolysis) is 2. The summed E-state index contributed by atoms with van der Waals surface area (Å²) in [5.74, 6) is 1.31. The van der Waals surface area contributed by atoms with Crippen molar-refractivity contribution < 1.29 is 28.5 Å². The third kappa shape index (κ3) is 11.5. The Bertz CT molecular complexity index is 1620. The first kappa shape index (κ1) is 35.6. The topological polar surface area (TPSA) is 95.1 Å². The summed E-state index contributed by atoms with van der Waals surface area (Å²) in [6.45, 7) is 15.4. The van der Waals surface area contributed by atoms with Crippen LogP contribution < -0.4 is 20.1 Å². The number of amides is 2. The molecule has 0 unspecified atom stereocenters. The third-order valence-electron chi connectivity index (χ3n) is 7.03. The highest BCUT2D eigenvalue weighted by Gasteiger charge is 2.31. The van der Waals surface area contributed by atoms with Crippen LogP contribution in [0.4, 0.5) is 9.59 Å². The lowest BCUT2D eigenvalue weighted by atomic mass is 9.93. The first-order chi connectivity index (χ1) is 22.8. The van der Waals surface area contributed by atoms with Crippen molar-refractivity contribution in [3.63, 3.8) is 0 Å².